The Morgan fingerprint density at radius 2 is 0.902 bits per heavy atom. The van der Waals surface area contributed by atoms with Gasteiger partial charge >= 0.3 is 0 Å². The number of nitrogens with zero attached hydrogens (tertiary/aromatic N) is 2. The van der Waals surface area contributed by atoms with Gasteiger partial charge in [-0.15, -0.1) is 0 Å². The number of anilines is 3. The van der Waals surface area contributed by atoms with Gasteiger partial charge in [0.2, 0.25) is 0 Å². The molecule has 0 saturated carbocycles. The Bertz CT molecular complexity index is 2820. The summed E-state index contributed by atoms with van der Waals surface area (Å²) in [5.41, 5.74) is 13.0. The summed E-state index contributed by atoms with van der Waals surface area (Å²) < 4.78 is 9.34. The highest BCUT2D eigenvalue weighted by Gasteiger charge is 2.22. The van der Waals surface area contributed by atoms with Gasteiger partial charge in [-0.1, -0.05) is 133 Å². The molecule has 0 aliphatic heterocycles. The third kappa shape index (κ3) is 4.90. The van der Waals surface area contributed by atoms with Crippen molar-refractivity contribution in [2.75, 3.05) is 4.90 Å². The number of fused-ring (bicyclic) bond motifs is 2. The quantitative estimate of drug-likeness (QED) is 0.178. The number of hydrogen-bond donors (Lipinski definition) is 0. The lowest BCUT2D eigenvalue weighted by Crippen LogP contribution is -2.10. The number of hydrogen-bond acceptors (Lipinski definition) is 2. The van der Waals surface area contributed by atoms with E-state index in [1.165, 1.54) is 33.0 Å². The molecule has 2 heterocycles. The van der Waals surface area contributed by atoms with Crippen molar-refractivity contribution in [3.05, 3.63) is 194 Å². The molecule has 0 radical (unpaired) electrons. The fourth-order valence-electron chi connectivity index (χ4n) is 7.63. The summed E-state index contributed by atoms with van der Waals surface area (Å²) in [5.74, 6) is 0. The van der Waals surface area contributed by atoms with Crippen LogP contribution in [0.1, 0.15) is 0 Å². The molecular formula is C48H32N2O. The number of benzene rings is 8. The van der Waals surface area contributed by atoms with Crippen LogP contribution < -0.4 is 4.90 Å². The van der Waals surface area contributed by atoms with Crippen LogP contribution in [0.5, 0.6) is 0 Å². The Hall–Kier alpha value is -6.84. The van der Waals surface area contributed by atoms with E-state index in [4.69, 9.17) is 4.42 Å². The summed E-state index contributed by atoms with van der Waals surface area (Å²) >= 11 is 0. The second-order valence-corrected chi connectivity index (χ2v) is 13.0. The zero-order valence-corrected chi connectivity index (χ0v) is 27.8. The van der Waals surface area contributed by atoms with E-state index < -0.39 is 0 Å². The van der Waals surface area contributed by atoms with E-state index in [2.05, 4.69) is 204 Å². The molecule has 8 aromatic carbocycles. The molecule has 0 spiro atoms. The topological polar surface area (TPSA) is 21.3 Å². The molecule has 3 nitrogen and oxygen atoms in total. The molecule has 10 rings (SSSR count). The second kappa shape index (κ2) is 11.9. The molecule has 0 bridgehead atoms. The highest BCUT2D eigenvalue weighted by atomic mass is 16.3. The average molecular weight is 653 g/mol. The van der Waals surface area contributed by atoms with E-state index in [-0.39, 0.29) is 0 Å². The molecule has 2 aromatic heterocycles. The summed E-state index contributed by atoms with van der Waals surface area (Å²) in [5, 5.41) is 4.58. The van der Waals surface area contributed by atoms with Gasteiger partial charge in [-0.2, -0.15) is 0 Å². The largest absolute Gasteiger partial charge is 0.456 e. The van der Waals surface area contributed by atoms with Crippen LogP contribution in [0.4, 0.5) is 17.1 Å². The van der Waals surface area contributed by atoms with Gasteiger partial charge < -0.3 is 13.9 Å². The first-order chi connectivity index (χ1) is 25.3. The molecule has 0 N–H and O–H groups in total. The van der Waals surface area contributed by atoms with Crippen molar-refractivity contribution in [2.45, 2.75) is 0 Å². The van der Waals surface area contributed by atoms with E-state index in [0.717, 1.165) is 55.7 Å². The molecule has 0 amide bonds. The number of para-hydroxylation sites is 2. The van der Waals surface area contributed by atoms with Gasteiger partial charge in [0.15, 0.2) is 0 Å². The predicted molar refractivity (Wildman–Crippen MR) is 214 cm³/mol. The van der Waals surface area contributed by atoms with Crippen LogP contribution in [0.3, 0.4) is 0 Å². The van der Waals surface area contributed by atoms with E-state index in [0.29, 0.717) is 0 Å². The fraction of sp³-hybridized carbons (Fsp3) is 0. The lowest BCUT2D eigenvalue weighted by molar-refractivity contribution is 0.664. The predicted octanol–water partition coefficient (Wildman–Crippen LogP) is 13.5. The van der Waals surface area contributed by atoms with Gasteiger partial charge in [-0.25, -0.2) is 0 Å². The Morgan fingerprint density at radius 1 is 0.353 bits per heavy atom. The smallest absolute Gasteiger partial charge is 0.139 e. The lowest BCUT2D eigenvalue weighted by Gasteiger charge is -2.26. The molecule has 0 unspecified atom stereocenters. The van der Waals surface area contributed by atoms with Crippen LogP contribution in [0.15, 0.2) is 199 Å². The van der Waals surface area contributed by atoms with Crippen molar-refractivity contribution >= 4 is 60.8 Å². The van der Waals surface area contributed by atoms with Crippen molar-refractivity contribution < 1.29 is 4.42 Å². The first-order valence-electron chi connectivity index (χ1n) is 17.4. The van der Waals surface area contributed by atoms with Gasteiger partial charge in [-0.05, 0) is 82.2 Å². The van der Waals surface area contributed by atoms with Crippen molar-refractivity contribution in [3.63, 3.8) is 0 Å². The Morgan fingerprint density at radius 3 is 1.59 bits per heavy atom. The molecule has 10 aromatic rings. The number of rotatable bonds is 6. The Labute approximate surface area is 295 Å². The molecule has 0 aliphatic carbocycles. The van der Waals surface area contributed by atoms with Gasteiger partial charge in [0.25, 0.3) is 0 Å². The van der Waals surface area contributed by atoms with Crippen LogP contribution in [-0.2, 0) is 0 Å². The van der Waals surface area contributed by atoms with E-state index >= 15 is 0 Å². The van der Waals surface area contributed by atoms with Crippen LogP contribution in [0, 0.1) is 0 Å². The number of aromatic nitrogens is 1. The van der Waals surface area contributed by atoms with E-state index in [1.807, 2.05) is 0 Å². The highest BCUT2D eigenvalue weighted by molar-refractivity contribution is 6.27. The normalized spacial score (nSPS) is 11.5. The SMILES string of the molecule is c1ccc(-c2ccc(N(c3ccccc3)c3cc4oc5ccccc5c5cccc6c5c4c(c3)n6-c3ccc(-c4ccccc4)cc3)cc2)cc1. The van der Waals surface area contributed by atoms with Crippen molar-refractivity contribution in [2.24, 2.45) is 0 Å². The minimum absolute atomic E-state index is 0.839. The minimum Gasteiger partial charge on any atom is -0.456 e. The Kier molecular flexibility index (Phi) is 6.81. The van der Waals surface area contributed by atoms with E-state index in [1.54, 1.807) is 0 Å². The highest BCUT2D eigenvalue weighted by Crippen LogP contribution is 2.45. The molecule has 240 valence electrons. The van der Waals surface area contributed by atoms with Crippen molar-refractivity contribution in [1.29, 1.82) is 0 Å². The summed E-state index contributed by atoms with van der Waals surface area (Å²) in [4.78, 5) is 2.33. The third-order valence-corrected chi connectivity index (χ3v) is 9.98. The monoisotopic (exact) mass is 652 g/mol. The van der Waals surface area contributed by atoms with Gasteiger partial charge in [-0.3, -0.25) is 0 Å². The molecule has 0 atom stereocenters. The first-order valence-corrected chi connectivity index (χ1v) is 17.4. The van der Waals surface area contributed by atoms with Crippen LogP contribution >= 0.6 is 0 Å². The standard InChI is InChI=1S/C48H32N2O/c1-4-13-33(14-5-1)35-23-27-38(28-24-35)49(37-17-8-3-9-18-37)40-31-44-48-46(32-40)51-45-22-11-10-19-41(45)42-20-12-21-43(47(42)48)50(44)39-29-25-36(26-30-39)34-15-6-2-7-16-34/h1-32H. The van der Waals surface area contributed by atoms with E-state index in [9.17, 15) is 0 Å². The molecular weight excluding hydrogens is 621 g/mol. The zero-order valence-electron chi connectivity index (χ0n) is 27.8. The summed E-state index contributed by atoms with van der Waals surface area (Å²) in [6.07, 6.45) is 0. The second-order valence-electron chi connectivity index (χ2n) is 13.0. The van der Waals surface area contributed by atoms with Gasteiger partial charge in [0.1, 0.15) is 11.2 Å². The van der Waals surface area contributed by atoms with Crippen LogP contribution in [0.25, 0.3) is 71.7 Å². The summed E-state index contributed by atoms with van der Waals surface area (Å²) in [6.45, 7) is 0. The maximum absolute atomic E-state index is 6.95. The minimum atomic E-state index is 0.839. The van der Waals surface area contributed by atoms with Gasteiger partial charge in [0.05, 0.1) is 22.1 Å². The molecule has 3 heteroatoms. The summed E-state index contributed by atoms with van der Waals surface area (Å²) in [6, 6.07) is 69.0. The average Bonchev–Trinajstić information content (AvgIpc) is 3.46. The lowest BCUT2D eigenvalue weighted by atomic mass is 10.0. The molecule has 51 heavy (non-hydrogen) atoms. The molecule has 0 saturated heterocycles. The zero-order chi connectivity index (χ0) is 33.7. The summed E-state index contributed by atoms with van der Waals surface area (Å²) in [7, 11) is 0. The first kappa shape index (κ1) is 29.1. The molecule has 0 fully saturated rings. The van der Waals surface area contributed by atoms with Crippen LogP contribution in [0.2, 0.25) is 0 Å². The van der Waals surface area contributed by atoms with Crippen molar-refractivity contribution in [3.8, 4) is 27.9 Å². The molecule has 0 aliphatic rings. The fourth-order valence-corrected chi connectivity index (χ4v) is 7.63. The van der Waals surface area contributed by atoms with Crippen molar-refractivity contribution in [1.82, 2.24) is 4.57 Å². The third-order valence-electron chi connectivity index (χ3n) is 9.98. The maximum atomic E-state index is 6.95. The Balaban J connectivity index is 1.26. The van der Waals surface area contributed by atoms with Gasteiger partial charge in [0, 0.05) is 33.9 Å². The van der Waals surface area contributed by atoms with Crippen LogP contribution in [-0.4, -0.2) is 4.57 Å². The maximum Gasteiger partial charge on any atom is 0.139 e.